The van der Waals surface area contributed by atoms with Crippen molar-refractivity contribution in [3.8, 4) is 0 Å². The quantitative estimate of drug-likeness (QED) is 0.466. The number of carbonyl (C=O) groups excluding carboxylic acids is 1. The fraction of sp³-hybridized carbons (Fsp3) is 0.944. The van der Waals surface area contributed by atoms with Gasteiger partial charge in [-0.05, 0) is 6.42 Å². The molecule has 4 atom stereocenters. The van der Waals surface area contributed by atoms with Gasteiger partial charge in [0.15, 0.2) is 6.10 Å². The second-order valence-electron chi connectivity index (χ2n) is 6.62. The molecule has 5 heteroatoms. The van der Waals surface area contributed by atoms with E-state index in [1.54, 1.807) is 7.11 Å². The Morgan fingerprint density at radius 1 is 1.13 bits per heavy atom. The van der Waals surface area contributed by atoms with Crippen molar-refractivity contribution < 1.29 is 19.0 Å². The first kappa shape index (κ1) is 20.4. The Bertz CT molecular complexity index is 324. The molecule has 0 aliphatic carbocycles. The monoisotopic (exact) mass is 329 g/mol. The van der Waals surface area contributed by atoms with Crippen LogP contribution in [-0.4, -0.2) is 44.5 Å². The summed E-state index contributed by atoms with van der Waals surface area (Å²) in [6.45, 7) is 4.83. The van der Waals surface area contributed by atoms with E-state index in [0.29, 0.717) is 6.61 Å². The number of rotatable bonds is 11. The third-order valence-electron chi connectivity index (χ3n) is 4.62. The van der Waals surface area contributed by atoms with Crippen molar-refractivity contribution in [1.82, 2.24) is 0 Å². The molecule has 0 aromatic carbocycles. The van der Waals surface area contributed by atoms with Gasteiger partial charge in [-0.25, -0.2) is 0 Å². The van der Waals surface area contributed by atoms with Crippen LogP contribution in [0.4, 0.5) is 0 Å². The van der Waals surface area contributed by atoms with E-state index in [1.807, 2.05) is 0 Å². The summed E-state index contributed by atoms with van der Waals surface area (Å²) in [5.74, 6) is -0.180. The highest BCUT2D eigenvalue weighted by Crippen LogP contribution is 2.28. The number of esters is 1. The van der Waals surface area contributed by atoms with Gasteiger partial charge in [-0.15, -0.1) is 0 Å². The molecular weight excluding hydrogens is 294 g/mol. The molecule has 0 aromatic heterocycles. The molecule has 0 bridgehead atoms. The van der Waals surface area contributed by atoms with Crippen LogP contribution in [-0.2, 0) is 19.0 Å². The minimum Gasteiger partial charge on any atom is -0.456 e. The van der Waals surface area contributed by atoms with E-state index in [9.17, 15) is 4.79 Å². The largest absolute Gasteiger partial charge is 0.456 e. The summed E-state index contributed by atoms with van der Waals surface area (Å²) in [6.07, 6.45) is 9.17. The van der Waals surface area contributed by atoms with E-state index >= 15 is 0 Å². The Hall–Kier alpha value is -0.650. The summed E-state index contributed by atoms with van der Waals surface area (Å²) in [7, 11) is 1.67. The van der Waals surface area contributed by atoms with E-state index < -0.39 is 0 Å². The fourth-order valence-electron chi connectivity index (χ4n) is 3.26. The summed E-state index contributed by atoms with van der Waals surface area (Å²) in [5, 5.41) is 0. The number of nitrogens with two attached hydrogens (primary N) is 1. The van der Waals surface area contributed by atoms with E-state index in [2.05, 4.69) is 13.8 Å². The molecule has 136 valence electrons. The molecule has 0 radical (unpaired) electrons. The van der Waals surface area contributed by atoms with Crippen LogP contribution in [0.25, 0.3) is 0 Å². The zero-order chi connectivity index (χ0) is 17.1. The predicted octanol–water partition coefficient (Wildman–Crippen LogP) is 3.05. The van der Waals surface area contributed by atoms with Gasteiger partial charge >= 0.3 is 5.97 Å². The molecule has 1 aliphatic heterocycles. The second kappa shape index (κ2) is 11.8. The fourth-order valence-corrected chi connectivity index (χ4v) is 3.26. The Labute approximate surface area is 141 Å². The van der Waals surface area contributed by atoms with Gasteiger partial charge in [-0.3, -0.25) is 4.79 Å². The van der Waals surface area contributed by atoms with Gasteiger partial charge in [-0.2, -0.15) is 0 Å². The van der Waals surface area contributed by atoms with Crippen molar-refractivity contribution in [2.45, 2.75) is 83.5 Å². The van der Waals surface area contributed by atoms with Gasteiger partial charge in [0.25, 0.3) is 0 Å². The van der Waals surface area contributed by atoms with E-state index in [-0.39, 0.29) is 36.7 Å². The Morgan fingerprint density at radius 3 is 2.39 bits per heavy atom. The molecule has 23 heavy (non-hydrogen) atoms. The average molecular weight is 329 g/mol. The van der Waals surface area contributed by atoms with Crippen molar-refractivity contribution in [1.29, 1.82) is 0 Å². The van der Waals surface area contributed by atoms with Crippen LogP contribution in [0.5, 0.6) is 0 Å². The molecule has 0 amide bonds. The third-order valence-corrected chi connectivity index (χ3v) is 4.62. The molecule has 5 nitrogen and oxygen atoms in total. The first-order chi connectivity index (χ1) is 11.1. The van der Waals surface area contributed by atoms with Crippen LogP contribution in [0.3, 0.4) is 0 Å². The van der Waals surface area contributed by atoms with Crippen LogP contribution < -0.4 is 5.73 Å². The zero-order valence-electron chi connectivity index (χ0n) is 15.1. The molecule has 0 unspecified atom stereocenters. The lowest BCUT2D eigenvalue weighted by molar-refractivity contribution is -0.199. The number of hydrogen-bond donors (Lipinski definition) is 1. The number of unbranched alkanes of at least 4 members (excludes halogenated alkanes) is 6. The molecule has 1 fully saturated rings. The normalized spacial score (nSPS) is 27.8. The lowest BCUT2D eigenvalue weighted by atomic mass is 9.90. The summed E-state index contributed by atoms with van der Waals surface area (Å²) in [5.41, 5.74) is 5.38. The van der Waals surface area contributed by atoms with Crippen molar-refractivity contribution in [3.63, 3.8) is 0 Å². The minimum absolute atomic E-state index is 0.0812. The highest BCUT2D eigenvalue weighted by atomic mass is 16.6. The molecule has 1 rings (SSSR count). The number of hydrogen-bond acceptors (Lipinski definition) is 5. The van der Waals surface area contributed by atoms with E-state index in [4.69, 9.17) is 19.9 Å². The lowest BCUT2D eigenvalue weighted by Crippen LogP contribution is -2.52. The number of carbonyl (C=O) groups is 1. The molecule has 0 spiro atoms. The standard InChI is InChI=1S/C18H35NO4/c1-4-5-6-7-8-9-10-11-15-18(23-16(20)12-19)17(21-3)14(2)13-22-15/h14-15,17-18H,4-13,19H2,1-3H3/t14-,15-,17-,18+/m0/s1. The molecule has 0 aromatic rings. The topological polar surface area (TPSA) is 70.8 Å². The first-order valence-electron chi connectivity index (χ1n) is 9.18. The molecule has 1 saturated heterocycles. The highest BCUT2D eigenvalue weighted by molar-refractivity contribution is 5.71. The first-order valence-corrected chi connectivity index (χ1v) is 9.18. The van der Waals surface area contributed by atoms with E-state index in [0.717, 1.165) is 12.8 Å². The molecule has 2 N–H and O–H groups in total. The summed E-state index contributed by atoms with van der Waals surface area (Å²) in [4.78, 5) is 11.6. The smallest absolute Gasteiger partial charge is 0.320 e. The maximum atomic E-state index is 11.6. The van der Waals surface area contributed by atoms with Crippen LogP contribution in [0.15, 0.2) is 0 Å². The Balaban J connectivity index is 2.41. The lowest BCUT2D eigenvalue weighted by Gasteiger charge is -2.40. The van der Waals surface area contributed by atoms with Gasteiger partial charge in [0.2, 0.25) is 0 Å². The van der Waals surface area contributed by atoms with Crippen LogP contribution in [0.1, 0.15) is 65.2 Å². The van der Waals surface area contributed by atoms with Crippen LogP contribution in [0, 0.1) is 5.92 Å². The maximum Gasteiger partial charge on any atom is 0.320 e. The second-order valence-corrected chi connectivity index (χ2v) is 6.62. The number of ether oxygens (including phenoxy) is 3. The molecular formula is C18H35NO4. The van der Waals surface area contributed by atoms with Gasteiger partial charge in [-0.1, -0.05) is 58.8 Å². The zero-order valence-corrected chi connectivity index (χ0v) is 15.1. The third kappa shape index (κ3) is 7.19. The molecule has 1 heterocycles. The number of methoxy groups -OCH3 is 1. The SMILES string of the molecule is CCCCCCCCC[C@@H]1OC[C@H](C)[C@H](OC)[C@@H]1OC(=O)CN. The van der Waals surface area contributed by atoms with Crippen molar-refractivity contribution in [2.75, 3.05) is 20.3 Å². The van der Waals surface area contributed by atoms with Gasteiger partial charge in [0.05, 0.1) is 19.3 Å². The van der Waals surface area contributed by atoms with Crippen LogP contribution >= 0.6 is 0 Å². The van der Waals surface area contributed by atoms with Gasteiger partial charge in [0, 0.05) is 13.0 Å². The molecule has 0 saturated carbocycles. The summed E-state index contributed by atoms with van der Waals surface area (Å²) >= 11 is 0. The Morgan fingerprint density at radius 2 is 1.78 bits per heavy atom. The summed E-state index contributed by atoms with van der Waals surface area (Å²) < 4.78 is 17.0. The minimum atomic E-state index is -0.390. The van der Waals surface area contributed by atoms with Gasteiger partial charge < -0.3 is 19.9 Å². The van der Waals surface area contributed by atoms with Gasteiger partial charge in [0.1, 0.15) is 6.10 Å². The van der Waals surface area contributed by atoms with Crippen molar-refractivity contribution in [2.24, 2.45) is 11.7 Å². The molecule has 1 aliphatic rings. The average Bonchev–Trinajstić information content (AvgIpc) is 2.55. The Kier molecular flexibility index (Phi) is 10.5. The van der Waals surface area contributed by atoms with Crippen molar-refractivity contribution >= 4 is 5.97 Å². The predicted molar refractivity (Wildman–Crippen MR) is 91.2 cm³/mol. The highest BCUT2D eigenvalue weighted by Gasteiger charge is 2.40. The van der Waals surface area contributed by atoms with Crippen LogP contribution in [0.2, 0.25) is 0 Å². The van der Waals surface area contributed by atoms with Crippen molar-refractivity contribution in [3.05, 3.63) is 0 Å². The van der Waals surface area contributed by atoms with E-state index in [1.165, 1.54) is 38.5 Å². The summed E-state index contributed by atoms with van der Waals surface area (Å²) in [6, 6.07) is 0. The maximum absolute atomic E-state index is 11.6.